The Labute approximate surface area is 186 Å². The summed E-state index contributed by atoms with van der Waals surface area (Å²) in [4.78, 5) is 17.8. The molecule has 0 aliphatic carbocycles. The third-order valence-corrected chi connectivity index (χ3v) is 7.13. The van der Waals surface area contributed by atoms with Crippen LogP contribution in [0, 0.1) is 25.7 Å². The molecule has 0 bridgehead atoms. The van der Waals surface area contributed by atoms with E-state index < -0.39 is 0 Å². The maximum Gasteiger partial charge on any atom is 0.254 e. The summed E-state index contributed by atoms with van der Waals surface area (Å²) in [5.41, 5.74) is 10.7. The predicted octanol–water partition coefficient (Wildman–Crippen LogP) is 3.41. The van der Waals surface area contributed by atoms with Crippen molar-refractivity contribution in [2.75, 3.05) is 39.9 Å². The highest BCUT2D eigenvalue weighted by Crippen LogP contribution is 2.35. The van der Waals surface area contributed by atoms with E-state index in [1.54, 1.807) is 7.11 Å². The summed E-state index contributed by atoms with van der Waals surface area (Å²) < 4.78 is 5.56. The lowest BCUT2D eigenvalue weighted by Gasteiger charge is -2.31. The zero-order chi connectivity index (χ0) is 22.0. The Kier molecular flexibility index (Phi) is 6.75. The van der Waals surface area contributed by atoms with E-state index in [2.05, 4.69) is 21.9 Å². The van der Waals surface area contributed by atoms with Gasteiger partial charge in [-0.25, -0.2) is 0 Å². The van der Waals surface area contributed by atoms with Crippen molar-refractivity contribution >= 4 is 5.91 Å². The number of aryl methyl sites for hydroxylation is 2. The number of rotatable bonds is 7. The van der Waals surface area contributed by atoms with Crippen molar-refractivity contribution < 1.29 is 9.53 Å². The Hall–Kier alpha value is -2.21. The van der Waals surface area contributed by atoms with Gasteiger partial charge in [0.2, 0.25) is 0 Å². The Morgan fingerprint density at radius 2 is 1.61 bits per heavy atom. The summed E-state index contributed by atoms with van der Waals surface area (Å²) >= 11 is 0. The van der Waals surface area contributed by atoms with Crippen molar-refractivity contribution in [2.24, 2.45) is 17.6 Å². The zero-order valence-electron chi connectivity index (χ0n) is 19.0. The molecule has 4 rings (SSSR count). The molecule has 0 aromatic heterocycles. The minimum atomic E-state index is 0.00361. The van der Waals surface area contributed by atoms with Crippen LogP contribution in [-0.2, 0) is 4.74 Å². The van der Waals surface area contributed by atoms with Gasteiger partial charge in [-0.2, -0.15) is 0 Å². The summed E-state index contributed by atoms with van der Waals surface area (Å²) in [6.07, 6.45) is 0.877. The number of hydrogen-bond donors (Lipinski definition) is 1. The highest BCUT2D eigenvalue weighted by atomic mass is 16.5. The predicted molar refractivity (Wildman–Crippen MR) is 124 cm³/mol. The molecule has 166 valence electrons. The van der Waals surface area contributed by atoms with Gasteiger partial charge in [0.15, 0.2) is 0 Å². The maximum atomic E-state index is 13.2. The standard InChI is InChI=1S/C26H35N3O2/c1-18-8-7-9-19(2)25(18)26(30)29-15-21-13-28(14-22(21)16-29)23(17-31-3)12-24(27)20-10-5-4-6-11-20/h4-11,21-24H,12-17,27H2,1-3H3. The molecule has 2 saturated heterocycles. The molecule has 0 spiro atoms. The zero-order valence-corrected chi connectivity index (χ0v) is 19.0. The van der Waals surface area contributed by atoms with Crippen LogP contribution in [0.15, 0.2) is 48.5 Å². The lowest BCUT2D eigenvalue weighted by molar-refractivity contribution is 0.0725. The van der Waals surface area contributed by atoms with Crippen molar-refractivity contribution in [3.8, 4) is 0 Å². The van der Waals surface area contributed by atoms with Gasteiger partial charge in [-0.05, 0) is 48.8 Å². The fourth-order valence-electron chi connectivity index (χ4n) is 5.45. The van der Waals surface area contributed by atoms with E-state index in [9.17, 15) is 4.79 Å². The Morgan fingerprint density at radius 1 is 1.00 bits per heavy atom. The number of nitrogens with zero attached hydrogens (tertiary/aromatic N) is 2. The Bertz CT molecular complexity index is 867. The van der Waals surface area contributed by atoms with Gasteiger partial charge < -0.3 is 15.4 Å². The molecule has 31 heavy (non-hydrogen) atoms. The molecule has 4 unspecified atom stereocenters. The van der Waals surface area contributed by atoms with E-state index >= 15 is 0 Å². The normalized spacial score (nSPS) is 23.0. The fourth-order valence-corrected chi connectivity index (χ4v) is 5.45. The van der Waals surface area contributed by atoms with Gasteiger partial charge in [0.05, 0.1) is 6.61 Å². The van der Waals surface area contributed by atoms with Crippen molar-refractivity contribution in [1.82, 2.24) is 9.80 Å². The van der Waals surface area contributed by atoms with Gasteiger partial charge in [0.1, 0.15) is 0 Å². The summed E-state index contributed by atoms with van der Waals surface area (Å²) in [7, 11) is 1.77. The molecule has 5 heteroatoms. The molecule has 2 N–H and O–H groups in total. The first-order chi connectivity index (χ1) is 15.0. The molecule has 5 nitrogen and oxygen atoms in total. The lowest BCUT2D eigenvalue weighted by atomic mass is 9.99. The molecule has 4 atom stereocenters. The Balaban J connectivity index is 1.39. The second kappa shape index (κ2) is 9.51. The topological polar surface area (TPSA) is 58.8 Å². The van der Waals surface area contributed by atoms with E-state index in [1.165, 1.54) is 5.56 Å². The van der Waals surface area contributed by atoms with Gasteiger partial charge in [-0.1, -0.05) is 48.5 Å². The number of amides is 1. The molecule has 2 aliphatic rings. The van der Waals surface area contributed by atoms with Crippen molar-refractivity contribution in [2.45, 2.75) is 32.4 Å². The molecule has 2 fully saturated rings. The van der Waals surface area contributed by atoms with E-state index in [1.807, 2.05) is 50.2 Å². The number of hydrogen-bond acceptors (Lipinski definition) is 4. The number of carbonyl (C=O) groups is 1. The fraction of sp³-hybridized carbons (Fsp3) is 0.500. The van der Waals surface area contributed by atoms with Crippen molar-refractivity contribution in [3.05, 3.63) is 70.8 Å². The first kappa shape index (κ1) is 22.0. The quantitative estimate of drug-likeness (QED) is 0.744. The number of ether oxygens (including phenoxy) is 1. The van der Waals surface area contributed by atoms with Crippen LogP contribution in [0.25, 0.3) is 0 Å². The van der Waals surface area contributed by atoms with Crippen molar-refractivity contribution in [3.63, 3.8) is 0 Å². The highest BCUT2D eigenvalue weighted by Gasteiger charge is 2.43. The van der Waals surface area contributed by atoms with Crippen LogP contribution < -0.4 is 5.73 Å². The van der Waals surface area contributed by atoms with E-state index in [-0.39, 0.29) is 11.9 Å². The highest BCUT2D eigenvalue weighted by molar-refractivity contribution is 5.97. The smallest absolute Gasteiger partial charge is 0.254 e. The minimum absolute atomic E-state index is 0.00361. The van der Waals surface area contributed by atoms with Crippen LogP contribution in [0.3, 0.4) is 0 Å². The summed E-state index contributed by atoms with van der Waals surface area (Å²) in [5.74, 6) is 1.25. The first-order valence-corrected chi connectivity index (χ1v) is 11.4. The SMILES string of the molecule is COCC(CC(N)c1ccccc1)N1CC2CN(C(=O)c3c(C)cccc3C)CC2C1. The first-order valence-electron chi connectivity index (χ1n) is 11.4. The minimum Gasteiger partial charge on any atom is -0.383 e. The van der Waals surface area contributed by atoms with Gasteiger partial charge >= 0.3 is 0 Å². The van der Waals surface area contributed by atoms with Gasteiger partial charge in [-0.15, -0.1) is 0 Å². The summed E-state index contributed by atoms with van der Waals surface area (Å²) in [6, 6.07) is 16.7. The lowest BCUT2D eigenvalue weighted by Crippen LogP contribution is -2.41. The second-order valence-corrected chi connectivity index (χ2v) is 9.31. The average Bonchev–Trinajstić information content (AvgIpc) is 3.33. The molecule has 2 heterocycles. The number of nitrogens with two attached hydrogens (primary N) is 1. The van der Waals surface area contributed by atoms with E-state index in [4.69, 9.17) is 10.5 Å². The van der Waals surface area contributed by atoms with Gasteiger partial charge in [0.25, 0.3) is 5.91 Å². The van der Waals surface area contributed by atoms with Crippen LogP contribution in [0.5, 0.6) is 0 Å². The molecule has 2 aliphatic heterocycles. The number of methoxy groups -OCH3 is 1. The van der Waals surface area contributed by atoms with Crippen molar-refractivity contribution in [1.29, 1.82) is 0 Å². The monoisotopic (exact) mass is 421 g/mol. The molecular weight excluding hydrogens is 386 g/mol. The number of fused-ring (bicyclic) bond motifs is 1. The van der Waals surface area contributed by atoms with Crippen LogP contribution >= 0.6 is 0 Å². The molecule has 1 amide bonds. The molecular formula is C26H35N3O2. The van der Waals surface area contributed by atoms with Gasteiger partial charge in [0, 0.05) is 50.9 Å². The van der Waals surface area contributed by atoms with Gasteiger partial charge in [-0.3, -0.25) is 9.69 Å². The summed E-state index contributed by atoms with van der Waals surface area (Å²) in [5, 5.41) is 0. The molecule has 2 aromatic carbocycles. The van der Waals surface area contributed by atoms with E-state index in [0.717, 1.165) is 49.3 Å². The summed E-state index contributed by atoms with van der Waals surface area (Å²) in [6.45, 7) is 8.46. The third-order valence-electron chi connectivity index (χ3n) is 7.13. The van der Waals surface area contributed by atoms with Crippen LogP contribution in [0.4, 0.5) is 0 Å². The molecule has 2 aromatic rings. The Morgan fingerprint density at radius 3 is 2.19 bits per heavy atom. The number of benzene rings is 2. The third kappa shape index (κ3) is 4.69. The maximum absolute atomic E-state index is 13.2. The van der Waals surface area contributed by atoms with Crippen LogP contribution in [0.1, 0.15) is 39.5 Å². The van der Waals surface area contributed by atoms with Crippen LogP contribution in [-0.4, -0.2) is 61.6 Å². The average molecular weight is 422 g/mol. The second-order valence-electron chi connectivity index (χ2n) is 9.31. The molecule has 0 saturated carbocycles. The molecule has 0 radical (unpaired) electrons. The van der Waals surface area contributed by atoms with Crippen LogP contribution in [0.2, 0.25) is 0 Å². The number of likely N-dealkylation sites (tertiary alicyclic amines) is 2. The van der Waals surface area contributed by atoms with E-state index in [0.29, 0.717) is 24.5 Å². The number of carbonyl (C=O) groups excluding carboxylic acids is 1. The largest absolute Gasteiger partial charge is 0.383 e.